The fourth-order valence-corrected chi connectivity index (χ4v) is 1.84. The van der Waals surface area contributed by atoms with E-state index >= 15 is 0 Å². The Morgan fingerprint density at radius 3 is 2.15 bits per heavy atom. The van der Waals surface area contributed by atoms with Gasteiger partial charge in [0.2, 0.25) is 5.91 Å². The van der Waals surface area contributed by atoms with E-state index < -0.39 is 0 Å². The molecule has 1 saturated carbocycles. The van der Waals surface area contributed by atoms with E-state index in [-0.39, 0.29) is 29.2 Å². The predicted molar refractivity (Wildman–Crippen MR) is 49.7 cm³/mol. The topological polar surface area (TPSA) is 52.9 Å². The van der Waals surface area contributed by atoms with Gasteiger partial charge in [-0.05, 0) is 10.8 Å². The van der Waals surface area contributed by atoms with Gasteiger partial charge in [-0.25, -0.2) is 0 Å². The first-order valence-electron chi connectivity index (χ1n) is 4.50. The summed E-state index contributed by atoms with van der Waals surface area (Å²) in [7, 11) is 0. The molecule has 0 spiro atoms. The Balaban J connectivity index is 2.52. The molecular weight excluding hydrogens is 164 g/mol. The molecule has 1 rings (SSSR count). The molecule has 0 aromatic carbocycles. The lowest BCUT2D eigenvalue weighted by Crippen LogP contribution is -2.29. The van der Waals surface area contributed by atoms with Gasteiger partial charge in [0.25, 0.3) is 0 Å². The number of nitrogens with one attached hydrogen (secondary N) is 1. The van der Waals surface area contributed by atoms with E-state index in [1.54, 1.807) is 0 Å². The van der Waals surface area contributed by atoms with Crippen molar-refractivity contribution in [3.63, 3.8) is 0 Å². The second-order valence-electron chi connectivity index (χ2n) is 4.78. The number of rotatable bonds is 2. The largest absolute Gasteiger partial charge is 0.351 e. The van der Waals surface area contributed by atoms with Gasteiger partial charge in [0.1, 0.15) is 6.42 Å². The minimum Gasteiger partial charge on any atom is -0.351 e. The van der Waals surface area contributed by atoms with Crippen LogP contribution in [0.1, 0.15) is 34.1 Å². The van der Waals surface area contributed by atoms with E-state index in [4.69, 9.17) is 5.26 Å². The molecule has 72 valence electrons. The van der Waals surface area contributed by atoms with E-state index in [0.29, 0.717) is 0 Å². The SMILES string of the molecule is CC1(C)C(NC(=O)CC#N)C1(C)C. The van der Waals surface area contributed by atoms with Crippen LogP contribution in [0.3, 0.4) is 0 Å². The molecule has 1 fully saturated rings. The van der Waals surface area contributed by atoms with Crippen molar-refractivity contribution in [3.8, 4) is 6.07 Å². The highest BCUT2D eigenvalue weighted by Crippen LogP contribution is 2.62. The summed E-state index contributed by atoms with van der Waals surface area (Å²) in [6.45, 7) is 8.52. The summed E-state index contributed by atoms with van der Waals surface area (Å²) in [5.74, 6) is -0.161. The first-order chi connectivity index (χ1) is 5.84. The Labute approximate surface area is 79.1 Å². The van der Waals surface area contributed by atoms with Gasteiger partial charge >= 0.3 is 0 Å². The molecule has 1 aliphatic carbocycles. The van der Waals surface area contributed by atoms with Crippen molar-refractivity contribution in [2.75, 3.05) is 0 Å². The molecule has 1 amide bonds. The molecule has 0 radical (unpaired) electrons. The Morgan fingerprint density at radius 1 is 1.38 bits per heavy atom. The fourth-order valence-electron chi connectivity index (χ4n) is 1.84. The van der Waals surface area contributed by atoms with Crippen molar-refractivity contribution in [1.82, 2.24) is 5.32 Å². The van der Waals surface area contributed by atoms with E-state index in [2.05, 4.69) is 33.0 Å². The lowest BCUT2D eigenvalue weighted by Gasteiger charge is -2.02. The highest BCUT2D eigenvalue weighted by Gasteiger charge is 2.65. The normalized spacial score (nSPS) is 23.3. The summed E-state index contributed by atoms with van der Waals surface area (Å²) in [5, 5.41) is 11.2. The van der Waals surface area contributed by atoms with Crippen LogP contribution in [0.4, 0.5) is 0 Å². The molecular formula is C10H16N2O. The van der Waals surface area contributed by atoms with Crippen molar-refractivity contribution in [1.29, 1.82) is 5.26 Å². The monoisotopic (exact) mass is 180 g/mol. The zero-order valence-corrected chi connectivity index (χ0v) is 8.64. The zero-order valence-electron chi connectivity index (χ0n) is 8.64. The van der Waals surface area contributed by atoms with Crippen molar-refractivity contribution in [3.05, 3.63) is 0 Å². The number of nitrogens with zero attached hydrogens (tertiary/aromatic N) is 1. The van der Waals surface area contributed by atoms with Crippen LogP contribution in [0.25, 0.3) is 0 Å². The highest BCUT2D eigenvalue weighted by atomic mass is 16.1. The number of amides is 1. The lowest BCUT2D eigenvalue weighted by molar-refractivity contribution is -0.120. The second-order valence-corrected chi connectivity index (χ2v) is 4.78. The third-order valence-electron chi connectivity index (χ3n) is 3.57. The summed E-state index contributed by atoms with van der Waals surface area (Å²) >= 11 is 0. The van der Waals surface area contributed by atoms with Gasteiger partial charge < -0.3 is 5.32 Å². The molecule has 0 aliphatic heterocycles. The molecule has 0 aromatic rings. The Kier molecular flexibility index (Phi) is 2.11. The average Bonchev–Trinajstić information content (AvgIpc) is 2.33. The quantitative estimate of drug-likeness (QED) is 0.699. The second kappa shape index (κ2) is 2.73. The molecule has 1 N–H and O–H groups in total. The predicted octanol–water partition coefficient (Wildman–Crippen LogP) is 1.45. The summed E-state index contributed by atoms with van der Waals surface area (Å²) in [6, 6.07) is 2.05. The van der Waals surface area contributed by atoms with Crippen LogP contribution in [-0.2, 0) is 4.79 Å². The van der Waals surface area contributed by atoms with Gasteiger partial charge in [0, 0.05) is 6.04 Å². The van der Waals surface area contributed by atoms with Gasteiger partial charge in [0.15, 0.2) is 0 Å². The molecule has 0 saturated heterocycles. The number of hydrogen-bond acceptors (Lipinski definition) is 2. The first kappa shape index (κ1) is 10.0. The number of nitriles is 1. The smallest absolute Gasteiger partial charge is 0.234 e. The number of carbonyl (C=O) groups excluding carboxylic acids is 1. The van der Waals surface area contributed by atoms with E-state index in [9.17, 15) is 4.79 Å². The minimum atomic E-state index is -0.161. The van der Waals surface area contributed by atoms with Crippen LogP contribution in [0.5, 0.6) is 0 Å². The van der Waals surface area contributed by atoms with Crippen molar-refractivity contribution in [2.24, 2.45) is 10.8 Å². The van der Waals surface area contributed by atoms with Crippen LogP contribution in [-0.4, -0.2) is 11.9 Å². The molecule has 3 nitrogen and oxygen atoms in total. The molecule has 0 atom stereocenters. The van der Waals surface area contributed by atoms with Gasteiger partial charge in [0.05, 0.1) is 6.07 Å². The maximum atomic E-state index is 11.1. The van der Waals surface area contributed by atoms with E-state index in [1.807, 2.05) is 6.07 Å². The van der Waals surface area contributed by atoms with Gasteiger partial charge in [-0.3, -0.25) is 4.79 Å². The molecule has 13 heavy (non-hydrogen) atoms. The third kappa shape index (κ3) is 1.41. The molecule has 0 aromatic heterocycles. The molecule has 0 unspecified atom stereocenters. The summed E-state index contributed by atoms with van der Waals surface area (Å²) < 4.78 is 0. The fraction of sp³-hybridized carbons (Fsp3) is 0.800. The van der Waals surface area contributed by atoms with E-state index in [0.717, 1.165) is 0 Å². The molecule has 3 heteroatoms. The summed E-state index contributed by atoms with van der Waals surface area (Å²) in [5.41, 5.74) is 0.302. The van der Waals surface area contributed by atoms with Crippen LogP contribution in [0.15, 0.2) is 0 Å². The van der Waals surface area contributed by atoms with Gasteiger partial charge in [-0.1, -0.05) is 27.7 Å². The number of carbonyl (C=O) groups is 1. The Bertz CT molecular complexity index is 259. The third-order valence-corrected chi connectivity index (χ3v) is 3.57. The average molecular weight is 180 g/mol. The minimum absolute atomic E-state index is 0.0390. The van der Waals surface area contributed by atoms with Crippen molar-refractivity contribution >= 4 is 5.91 Å². The molecule has 1 aliphatic rings. The standard InChI is InChI=1S/C10H16N2O/c1-9(2)8(10(9,3)4)12-7(13)5-6-11/h8H,5H2,1-4H3,(H,12,13). The van der Waals surface area contributed by atoms with Gasteiger partial charge in [-0.2, -0.15) is 5.26 Å². The van der Waals surface area contributed by atoms with Crippen LogP contribution in [0.2, 0.25) is 0 Å². The number of hydrogen-bond donors (Lipinski definition) is 1. The first-order valence-corrected chi connectivity index (χ1v) is 4.50. The van der Waals surface area contributed by atoms with Crippen LogP contribution >= 0.6 is 0 Å². The maximum absolute atomic E-state index is 11.1. The van der Waals surface area contributed by atoms with E-state index in [1.165, 1.54) is 0 Å². The summed E-state index contributed by atoms with van der Waals surface area (Å²) in [4.78, 5) is 11.1. The zero-order chi connectivity index (χ0) is 10.3. The summed E-state index contributed by atoms with van der Waals surface area (Å²) in [6.07, 6.45) is -0.0390. The van der Waals surface area contributed by atoms with Crippen LogP contribution in [0, 0.1) is 22.2 Å². The highest BCUT2D eigenvalue weighted by molar-refractivity contribution is 5.79. The maximum Gasteiger partial charge on any atom is 0.234 e. The van der Waals surface area contributed by atoms with Gasteiger partial charge in [-0.15, -0.1) is 0 Å². The Hall–Kier alpha value is -1.04. The van der Waals surface area contributed by atoms with Crippen molar-refractivity contribution < 1.29 is 4.79 Å². The molecule has 0 bridgehead atoms. The molecule has 0 heterocycles. The lowest BCUT2D eigenvalue weighted by atomic mass is 10.0. The van der Waals surface area contributed by atoms with Crippen LogP contribution < -0.4 is 5.32 Å². The Morgan fingerprint density at radius 2 is 1.85 bits per heavy atom. The van der Waals surface area contributed by atoms with Crippen molar-refractivity contribution in [2.45, 2.75) is 40.2 Å².